The van der Waals surface area contributed by atoms with Crippen molar-refractivity contribution in [2.75, 3.05) is 40.4 Å². The van der Waals surface area contributed by atoms with Crippen LogP contribution in [0.15, 0.2) is 35.3 Å². The van der Waals surface area contributed by atoms with Crippen LogP contribution < -0.4 is 20.5 Å². The second-order valence-corrected chi connectivity index (χ2v) is 11.0. The molecule has 1 aromatic carbocycles. The summed E-state index contributed by atoms with van der Waals surface area (Å²) in [6.45, 7) is 2.28. The number of nitrogens with zero attached hydrogens (tertiary/aromatic N) is 2. The summed E-state index contributed by atoms with van der Waals surface area (Å²) >= 11 is 1.23. The highest BCUT2D eigenvalue weighted by Gasteiger charge is 2.44. The molecule has 2 aliphatic rings. The van der Waals surface area contributed by atoms with E-state index in [0.29, 0.717) is 35.6 Å². The van der Waals surface area contributed by atoms with Crippen LogP contribution in [0.5, 0.6) is 0 Å². The number of rotatable bonds is 11. The molecule has 202 valence electrons. The molecule has 11 heteroatoms. The number of benzene rings is 1. The predicted octanol–water partition coefficient (Wildman–Crippen LogP) is 5.11. The Morgan fingerprint density at radius 2 is 1.95 bits per heavy atom. The van der Waals surface area contributed by atoms with Gasteiger partial charge in [-0.25, -0.2) is 13.2 Å². The van der Waals surface area contributed by atoms with Crippen LogP contribution in [0.1, 0.15) is 55.8 Å². The summed E-state index contributed by atoms with van der Waals surface area (Å²) < 4.78 is 46.0. The molecule has 0 unspecified atom stereocenters. The van der Waals surface area contributed by atoms with Gasteiger partial charge in [0.2, 0.25) is 5.92 Å². The lowest BCUT2D eigenvalue weighted by atomic mass is 9.93. The zero-order valence-corrected chi connectivity index (χ0v) is 21.7. The molecule has 2 aromatic rings. The zero-order valence-electron chi connectivity index (χ0n) is 20.9. The van der Waals surface area contributed by atoms with Crippen molar-refractivity contribution in [1.29, 1.82) is 0 Å². The van der Waals surface area contributed by atoms with Gasteiger partial charge in [-0.2, -0.15) is 0 Å². The van der Waals surface area contributed by atoms with E-state index in [2.05, 4.69) is 10.0 Å². The number of anilines is 3. The summed E-state index contributed by atoms with van der Waals surface area (Å²) in [4.78, 5) is 28.2. The zero-order chi connectivity index (χ0) is 26.6. The van der Waals surface area contributed by atoms with Crippen molar-refractivity contribution in [3.05, 3.63) is 52.2 Å². The molecule has 7 nitrogen and oxygen atoms in total. The van der Waals surface area contributed by atoms with Crippen molar-refractivity contribution in [3.63, 3.8) is 0 Å². The normalized spacial score (nSPS) is 16.6. The Morgan fingerprint density at radius 1 is 1.22 bits per heavy atom. The van der Waals surface area contributed by atoms with Crippen molar-refractivity contribution in [2.24, 2.45) is 5.41 Å². The van der Waals surface area contributed by atoms with Crippen molar-refractivity contribution in [3.8, 4) is 0 Å². The molecule has 0 bridgehead atoms. The van der Waals surface area contributed by atoms with Gasteiger partial charge in [0.15, 0.2) is 0 Å². The lowest BCUT2D eigenvalue weighted by Gasteiger charge is -2.35. The molecule has 1 aliphatic heterocycles. The summed E-state index contributed by atoms with van der Waals surface area (Å²) in [5.41, 5.74) is 0.582. The lowest BCUT2D eigenvalue weighted by molar-refractivity contribution is 0.00986. The van der Waals surface area contributed by atoms with Gasteiger partial charge in [0.05, 0.1) is 17.9 Å². The summed E-state index contributed by atoms with van der Waals surface area (Å²) in [7, 11) is 0. The molecular weight excluding hydrogens is 505 g/mol. The van der Waals surface area contributed by atoms with Gasteiger partial charge in [0.1, 0.15) is 11.5 Å². The highest BCUT2D eigenvalue weighted by atomic mass is 32.2. The Balaban J connectivity index is 1.56. The van der Waals surface area contributed by atoms with E-state index in [4.69, 9.17) is 5.11 Å². The van der Waals surface area contributed by atoms with E-state index in [1.54, 1.807) is 12.1 Å². The van der Waals surface area contributed by atoms with Crippen molar-refractivity contribution < 1.29 is 23.1 Å². The van der Waals surface area contributed by atoms with Gasteiger partial charge in [0.25, 0.3) is 11.5 Å². The summed E-state index contributed by atoms with van der Waals surface area (Å²) in [6.07, 6.45) is 5.58. The quantitative estimate of drug-likeness (QED) is 0.272. The topological polar surface area (TPSA) is 86.6 Å². The molecule has 1 aliphatic carbocycles. The Bertz CT molecular complexity index is 1170. The van der Waals surface area contributed by atoms with E-state index in [1.807, 2.05) is 4.90 Å². The average molecular weight is 539 g/mol. The molecule has 1 amide bonds. The molecule has 1 spiro atoms. The second kappa shape index (κ2) is 11.4. The molecule has 1 saturated carbocycles. The Morgan fingerprint density at radius 3 is 2.59 bits per heavy atom. The van der Waals surface area contributed by atoms with Crippen LogP contribution in [0.4, 0.5) is 30.2 Å². The van der Waals surface area contributed by atoms with Gasteiger partial charge < -0.3 is 24.6 Å². The number of aliphatic hydroxyl groups excluding tert-OH is 1. The van der Waals surface area contributed by atoms with E-state index in [0.717, 1.165) is 19.8 Å². The van der Waals surface area contributed by atoms with Gasteiger partial charge in [-0.15, -0.1) is 0 Å². The van der Waals surface area contributed by atoms with Gasteiger partial charge in [0, 0.05) is 43.7 Å². The Labute approximate surface area is 218 Å². The molecule has 37 heavy (non-hydrogen) atoms. The van der Waals surface area contributed by atoms with E-state index in [9.17, 15) is 18.4 Å². The largest absolute Gasteiger partial charge is 0.395 e. The van der Waals surface area contributed by atoms with E-state index in [1.165, 1.54) is 47.7 Å². The van der Waals surface area contributed by atoms with Gasteiger partial charge in [-0.3, -0.25) is 9.59 Å². The standard InChI is InChI=1S/C26H33F3N4O3S/c1-25(28,29)5-3-11-33-10-2-4-20(24(33)36)30-23(35)22-19(27)16-18(31-37-15-14-34)17-21(22)32-12-8-26(6-7-26)9-13-32/h2,4,10,16-17,31,34H,3,5-9,11-15H2,1H3,(H,30,35). The molecule has 1 aromatic heterocycles. The predicted molar refractivity (Wildman–Crippen MR) is 141 cm³/mol. The molecule has 4 rings (SSSR count). The molecule has 3 N–H and O–H groups in total. The summed E-state index contributed by atoms with van der Waals surface area (Å²) in [5, 5.41) is 11.6. The number of carbonyl (C=O) groups is 1. The van der Waals surface area contributed by atoms with Gasteiger partial charge >= 0.3 is 0 Å². The van der Waals surface area contributed by atoms with Crippen LogP contribution in [-0.4, -0.2) is 47.0 Å². The molecule has 0 radical (unpaired) electrons. The second-order valence-electron chi connectivity index (χ2n) is 10.1. The molecule has 0 atom stereocenters. The van der Waals surface area contributed by atoms with Crippen LogP contribution in [0, 0.1) is 11.2 Å². The highest BCUT2D eigenvalue weighted by Crippen LogP contribution is 2.54. The first-order valence-electron chi connectivity index (χ1n) is 12.6. The number of piperidine rings is 1. The summed E-state index contributed by atoms with van der Waals surface area (Å²) in [6, 6.07) is 5.91. The fraction of sp³-hybridized carbons (Fsp3) is 0.538. The van der Waals surface area contributed by atoms with Crippen molar-refractivity contribution in [2.45, 2.75) is 57.9 Å². The van der Waals surface area contributed by atoms with Crippen LogP contribution in [-0.2, 0) is 6.54 Å². The third-order valence-electron chi connectivity index (χ3n) is 7.08. The monoisotopic (exact) mass is 538 g/mol. The highest BCUT2D eigenvalue weighted by molar-refractivity contribution is 8.00. The number of alkyl halides is 2. The molecule has 2 heterocycles. The van der Waals surface area contributed by atoms with Crippen LogP contribution in [0.2, 0.25) is 0 Å². The number of hydrogen-bond acceptors (Lipinski definition) is 6. The molecular formula is C26H33F3N4O3S. The number of nitrogens with one attached hydrogen (secondary N) is 2. The third kappa shape index (κ3) is 7.01. The smallest absolute Gasteiger partial charge is 0.274 e. The number of aliphatic hydroxyl groups is 1. The van der Waals surface area contributed by atoms with Gasteiger partial charge in [-0.1, -0.05) is 11.9 Å². The molecule has 1 saturated heterocycles. The fourth-order valence-electron chi connectivity index (χ4n) is 4.76. The van der Waals surface area contributed by atoms with Crippen molar-refractivity contribution in [1.82, 2.24) is 4.57 Å². The number of carbonyl (C=O) groups excluding carboxylic acids is 1. The Kier molecular flexibility index (Phi) is 8.42. The number of amides is 1. The number of aryl methyl sites for hydroxylation is 1. The molecule has 2 fully saturated rings. The first-order valence-corrected chi connectivity index (χ1v) is 13.6. The number of hydrogen-bond donors (Lipinski definition) is 3. The van der Waals surface area contributed by atoms with E-state index < -0.39 is 23.2 Å². The maximum absolute atomic E-state index is 15.4. The average Bonchev–Trinajstić information content (AvgIpc) is 3.59. The van der Waals surface area contributed by atoms with Crippen LogP contribution in [0.25, 0.3) is 0 Å². The minimum Gasteiger partial charge on any atom is -0.395 e. The number of pyridine rings is 1. The Hall–Kier alpha value is -2.66. The van der Waals surface area contributed by atoms with Crippen LogP contribution >= 0.6 is 11.9 Å². The maximum Gasteiger partial charge on any atom is 0.274 e. The van der Waals surface area contributed by atoms with E-state index >= 15 is 4.39 Å². The van der Waals surface area contributed by atoms with E-state index in [-0.39, 0.29) is 37.2 Å². The van der Waals surface area contributed by atoms with Crippen LogP contribution in [0.3, 0.4) is 0 Å². The van der Waals surface area contributed by atoms with Gasteiger partial charge in [-0.05, 0) is 68.7 Å². The lowest BCUT2D eigenvalue weighted by Crippen LogP contribution is -2.36. The summed E-state index contributed by atoms with van der Waals surface area (Å²) in [5.74, 6) is -3.88. The first-order chi connectivity index (χ1) is 17.6. The SMILES string of the molecule is CC(F)(F)CCCn1cccc(NC(=O)c2c(F)cc(NSCCO)cc2N2CCC3(CC2)CC3)c1=O. The van der Waals surface area contributed by atoms with Crippen molar-refractivity contribution >= 4 is 34.9 Å². The number of aromatic nitrogens is 1. The fourth-order valence-corrected chi connectivity index (χ4v) is 5.23. The maximum atomic E-state index is 15.4. The number of halogens is 3. The minimum atomic E-state index is -2.82. The first kappa shape index (κ1) is 27.4. The third-order valence-corrected chi connectivity index (χ3v) is 7.85. The minimum absolute atomic E-state index is 0.0306.